The Hall–Kier alpha value is -3.42. The molecule has 4 heterocycles. The molecule has 4 rings (SSSR count). The predicted molar refractivity (Wildman–Crippen MR) is 114 cm³/mol. The van der Waals surface area contributed by atoms with Crippen molar-refractivity contribution in [3.63, 3.8) is 0 Å². The van der Waals surface area contributed by atoms with Gasteiger partial charge in [0.15, 0.2) is 0 Å². The lowest BCUT2D eigenvalue weighted by Gasteiger charge is -2.21. The van der Waals surface area contributed by atoms with Crippen LogP contribution < -0.4 is 9.64 Å². The average molecular weight is 391 g/mol. The van der Waals surface area contributed by atoms with Gasteiger partial charge in [0.05, 0.1) is 42.7 Å². The fraction of sp³-hybridized carbons (Fsp3) is 0.333. The maximum absolute atomic E-state index is 5.70. The van der Waals surface area contributed by atoms with E-state index in [2.05, 4.69) is 26.6 Å². The third-order valence-electron chi connectivity index (χ3n) is 5.37. The molecule has 0 radical (unpaired) electrons. The minimum Gasteiger partial charge on any atom is -0.494 e. The van der Waals surface area contributed by atoms with Gasteiger partial charge < -0.3 is 14.2 Å². The van der Waals surface area contributed by atoms with Crippen molar-refractivity contribution in [1.82, 2.24) is 29.3 Å². The molecule has 0 saturated carbocycles. The van der Waals surface area contributed by atoms with Gasteiger partial charge in [0, 0.05) is 44.0 Å². The standard InChI is InChI=1S/C21H25N7O/c1-7-28-12-24-16-10-23-20(9-17(16)28)26(4)18-11-22-15(8-19(18)29-6)21-13(2)25-27(5)14(21)3/h8-12H,7H2,1-6H3. The van der Waals surface area contributed by atoms with Crippen LogP contribution >= 0.6 is 0 Å². The van der Waals surface area contributed by atoms with Gasteiger partial charge in [0.1, 0.15) is 22.8 Å². The third kappa shape index (κ3) is 3.10. The van der Waals surface area contributed by atoms with Crippen LogP contribution in [0, 0.1) is 13.8 Å². The molecule has 8 nitrogen and oxygen atoms in total. The molecule has 4 aromatic heterocycles. The Morgan fingerprint density at radius 1 is 1.10 bits per heavy atom. The van der Waals surface area contributed by atoms with Crippen LogP contribution in [0.1, 0.15) is 18.3 Å². The van der Waals surface area contributed by atoms with Crippen LogP contribution in [0.2, 0.25) is 0 Å². The van der Waals surface area contributed by atoms with Gasteiger partial charge in [0.2, 0.25) is 0 Å². The molecule has 4 aromatic rings. The maximum atomic E-state index is 5.70. The highest BCUT2D eigenvalue weighted by atomic mass is 16.5. The van der Waals surface area contributed by atoms with E-state index in [9.17, 15) is 0 Å². The second kappa shape index (κ2) is 7.20. The summed E-state index contributed by atoms with van der Waals surface area (Å²) in [6.45, 7) is 6.98. The van der Waals surface area contributed by atoms with Crippen LogP contribution in [0.15, 0.2) is 30.9 Å². The van der Waals surface area contributed by atoms with Crippen LogP contribution in [0.3, 0.4) is 0 Å². The number of pyridine rings is 2. The Kier molecular flexibility index (Phi) is 4.70. The largest absolute Gasteiger partial charge is 0.494 e. The van der Waals surface area contributed by atoms with Crippen molar-refractivity contribution in [1.29, 1.82) is 0 Å². The molecular weight excluding hydrogens is 366 g/mol. The fourth-order valence-corrected chi connectivity index (χ4v) is 3.64. The van der Waals surface area contributed by atoms with Gasteiger partial charge in [0.25, 0.3) is 0 Å². The molecule has 0 aliphatic heterocycles. The number of rotatable bonds is 5. The number of anilines is 2. The smallest absolute Gasteiger partial charge is 0.146 e. The summed E-state index contributed by atoms with van der Waals surface area (Å²) in [7, 11) is 5.57. The van der Waals surface area contributed by atoms with E-state index in [1.165, 1.54) is 0 Å². The van der Waals surface area contributed by atoms with Crippen molar-refractivity contribution in [2.45, 2.75) is 27.3 Å². The van der Waals surface area contributed by atoms with Gasteiger partial charge in [-0.1, -0.05) is 0 Å². The molecule has 150 valence electrons. The van der Waals surface area contributed by atoms with E-state index in [0.29, 0.717) is 0 Å². The van der Waals surface area contributed by atoms with Crippen LogP contribution in [-0.2, 0) is 13.6 Å². The van der Waals surface area contributed by atoms with Crippen LogP contribution in [0.5, 0.6) is 5.75 Å². The van der Waals surface area contributed by atoms with Gasteiger partial charge in [-0.25, -0.2) is 9.97 Å². The summed E-state index contributed by atoms with van der Waals surface area (Å²) in [5.41, 5.74) is 6.66. The zero-order valence-corrected chi connectivity index (χ0v) is 17.6. The first kappa shape index (κ1) is 18.9. The van der Waals surface area contributed by atoms with Crippen molar-refractivity contribution < 1.29 is 4.74 Å². The quantitative estimate of drug-likeness (QED) is 0.517. The normalized spacial score (nSPS) is 11.2. The van der Waals surface area contributed by atoms with Crippen molar-refractivity contribution in [2.24, 2.45) is 7.05 Å². The molecule has 29 heavy (non-hydrogen) atoms. The summed E-state index contributed by atoms with van der Waals surface area (Å²) in [6, 6.07) is 3.99. The molecule has 0 atom stereocenters. The zero-order valence-electron chi connectivity index (χ0n) is 17.6. The van der Waals surface area contributed by atoms with E-state index >= 15 is 0 Å². The molecule has 0 unspecified atom stereocenters. The summed E-state index contributed by atoms with van der Waals surface area (Å²) in [5, 5.41) is 4.49. The number of aromatic nitrogens is 6. The Morgan fingerprint density at radius 2 is 1.90 bits per heavy atom. The number of methoxy groups -OCH3 is 1. The third-order valence-corrected chi connectivity index (χ3v) is 5.37. The first-order valence-electron chi connectivity index (χ1n) is 9.53. The second-order valence-corrected chi connectivity index (χ2v) is 7.03. The number of aryl methyl sites for hydroxylation is 3. The highest BCUT2D eigenvalue weighted by Crippen LogP contribution is 2.36. The lowest BCUT2D eigenvalue weighted by atomic mass is 10.1. The number of nitrogens with zero attached hydrogens (tertiary/aromatic N) is 7. The Bertz CT molecular complexity index is 1190. The zero-order chi connectivity index (χ0) is 20.7. The molecular formula is C21H25N7O. The highest BCUT2D eigenvalue weighted by molar-refractivity contribution is 5.80. The monoisotopic (exact) mass is 391 g/mol. The summed E-state index contributed by atoms with van der Waals surface area (Å²) in [5.74, 6) is 1.53. The van der Waals surface area contributed by atoms with E-state index < -0.39 is 0 Å². The molecule has 0 spiro atoms. The fourth-order valence-electron chi connectivity index (χ4n) is 3.64. The molecule has 0 aromatic carbocycles. The van der Waals surface area contributed by atoms with E-state index in [0.717, 1.165) is 57.5 Å². The van der Waals surface area contributed by atoms with Gasteiger partial charge in [-0.15, -0.1) is 0 Å². The minimum atomic E-state index is 0.728. The lowest BCUT2D eigenvalue weighted by molar-refractivity contribution is 0.415. The van der Waals surface area contributed by atoms with E-state index in [-0.39, 0.29) is 0 Å². The topological polar surface area (TPSA) is 73.9 Å². The Morgan fingerprint density at radius 3 is 2.55 bits per heavy atom. The SMILES string of the molecule is CCn1cnc2cnc(N(C)c3cnc(-c4c(C)nn(C)c4C)cc3OC)cc21. The molecule has 0 fully saturated rings. The number of fused-ring (bicyclic) bond motifs is 1. The second-order valence-electron chi connectivity index (χ2n) is 7.03. The Balaban J connectivity index is 1.76. The molecule has 8 heteroatoms. The number of imidazole rings is 1. The number of hydrogen-bond donors (Lipinski definition) is 0. The van der Waals surface area contributed by atoms with Crippen LogP contribution in [0.25, 0.3) is 22.3 Å². The van der Waals surface area contributed by atoms with Gasteiger partial charge in [-0.2, -0.15) is 5.10 Å². The molecule has 0 aliphatic rings. The maximum Gasteiger partial charge on any atom is 0.146 e. The predicted octanol–water partition coefficient (Wildman–Crippen LogP) is 3.64. The lowest BCUT2D eigenvalue weighted by Crippen LogP contribution is -2.13. The molecule has 0 bridgehead atoms. The highest BCUT2D eigenvalue weighted by Gasteiger charge is 2.18. The van der Waals surface area contributed by atoms with Crippen molar-refractivity contribution in [2.75, 3.05) is 19.1 Å². The summed E-state index contributed by atoms with van der Waals surface area (Å²) < 4.78 is 9.67. The summed E-state index contributed by atoms with van der Waals surface area (Å²) in [4.78, 5) is 15.7. The van der Waals surface area contributed by atoms with Gasteiger partial charge >= 0.3 is 0 Å². The van der Waals surface area contributed by atoms with Gasteiger partial charge in [-0.3, -0.25) is 9.67 Å². The van der Waals surface area contributed by atoms with Gasteiger partial charge in [-0.05, 0) is 20.8 Å². The summed E-state index contributed by atoms with van der Waals surface area (Å²) in [6.07, 6.45) is 5.46. The van der Waals surface area contributed by atoms with Crippen molar-refractivity contribution in [3.05, 3.63) is 42.2 Å². The van der Waals surface area contributed by atoms with E-state index in [1.807, 2.05) is 62.2 Å². The molecule has 0 N–H and O–H groups in total. The first-order valence-corrected chi connectivity index (χ1v) is 9.53. The Labute approximate surface area is 169 Å². The molecule has 0 saturated heterocycles. The minimum absolute atomic E-state index is 0.728. The molecule has 0 aliphatic carbocycles. The van der Waals surface area contributed by atoms with Crippen molar-refractivity contribution >= 4 is 22.5 Å². The number of ether oxygens (including phenoxy) is 1. The molecule has 0 amide bonds. The van der Waals surface area contributed by atoms with Crippen LogP contribution in [-0.4, -0.2) is 43.5 Å². The number of hydrogen-bond acceptors (Lipinski definition) is 6. The van der Waals surface area contributed by atoms with E-state index in [4.69, 9.17) is 9.72 Å². The first-order chi connectivity index (χ1) is 13.9. The van der Waals surface area contributed by atoms with Crippen LogP contribution in [0.4, 0.5) is 11.5 Å². The average Bonchev–Trinajstić information content (AvgIpc) is 3.26. The van der Waals surface area contributed by atoms with Crippen molar-refractivity contribution in [3.8, 4) is 17.0 Å². The van der Waals surface area contributed by atoms with E-state index in [1.54, 1.807) is 13.3 Å². The summed E-state index contributed by atoms with van der Waals surface area (Å²) >= 11 is 0.